The second-order valence-corrected chi connectivity index (χ2v) is 6.32. The molecule has 0 unspecified atom stereocenters. The highest BCUT2D eigenvalue weighted by molar-refractivity contribution is 5.28. The van der Waals surface area contributed by atoms with Crippen molar-refractivity contribution < 1.29 is 9.84 Å². The van der Waals surface area contributed by atoms with Gasteiger partial charge in [-0.15, -0.1) is 0 Å². The lowest BCUT2D eigenvalue weighted by molar-refractivity contribution is 0.187. The number of aryl methyl sites for hydroxylation is 1. The molecule has 0 spiro atoms. The second kappa shape index (κ2) is 7.43. The van der Waals surface area contributed by atoms with Crippen LogP contribution in [0.1, 0.15) is 30.5 Å². The summed E-state index contributed by atoms with van der Waals surface area (Å²) >= 11 is 0. The van der Waals surface area contributed by atoms with Gasteiger partial charge in [-0.2, -0.15) is 0 Å². The molecule has 22 heavy (non-hydrogen) atoms. The van der Waals surface area contributed by atoms with Crippen LogP contribution in [-0.2, 0) is 13.2 Å². The summed E-state index contributed by atoms with van der Waals surface area (Å²) in [6, 6.07) is 16.4. The minimum atomic E-state index is -0.264. The molecule has 0 saturated carbocycles. The van der Waals surface area contributed by atoms with Crippen LogP contribution in [0, 0.1) is 6.92 Å². The first-order valence-electron chi connectivity index (χ1n) is 7.62. The van der Waals surface area contributed by atoms with E-state index in [1.54, 1.807) is 0 Å². The third kappa shape index (κ3) is 5.17. The maximum atomic E-state index is 9.23. The molecule has 0 fully saturated rings. The zero-order valence-corrected chi connectivity index (χ0v) is 13.6. The van der Waals surface area contributed by atoms with Crippen LogP contribution in [0.15, 0.2) is 48.5 Å². The molecule has 0 amide bonds. The van der Waals surface area contributed by atoms with E-state index in [-0.39, 0.29) is 12.1 Å². The molecule has 0 radical (unpaired) electrons. The van der Waals surface area contributed by atoms with Gasteiger partial charge in [-0.25, -0.2) is 0 Å². The summed E-state index contributed by atoms with van der Waals surface area (Å²) in [5.74, 6) is 0.867. The van der Waals surface area contributed by atoms with E-state index >= 15 is 0 Å². The molecule has 0 aliphatic rings. The molecule has 0 bridgehead atoms. The molecular weight excluding hydrogens is 274 g/mol. The number of ether oxygens (including phenoxy) is 1. The maximum Gasteiger partial charge on any atom is 0.119 e. The molecule has 2 aromatic rings. The number of rotatable bonds is 7. The van der Waals surface area contributed by atoms with Gasteiger partial charge in [0.1, 0.15) is 12.4 Å². The molecular formula is C19H25NO2. The summed E-state index contributed by atoms with van der Waals surface area (Å²) in [6.07, 6.45) is 0. The Labute approximate surface area is 133 Å². The summed E-state index contributed by atoms with van der Waals surface area (Å²) in [5, 5.41) is 12.5. The van der Waals surface area contributed by atoms with Crippen LogP contribution < -0.4 is 10.1 Å². The van der Waals surface area contributed by atoms with E-state index in [0.29, 0.717) is 6.61 Å². The molecule has 118 valence electrons. The minimum Gasteiger partial charge on any atom is -0.489 e. The Morgan fingerprint density at radius 2 is 1.77 bits per heavy atom. The van der Waals surface area contributed by atoms with Gasteiger partial charge < -0.3 is 15.2 Å². The molecule has 0 saturated heterocycles. The van der Waals surface area contributed by atoms with Crippen molar-refractivity contribution in [1.29, 1.82) is 0 Å². The summed E-state index contributed by atoms with van der Waals surface area (Å²) < 4.78 is 5.81. The Bertz CT molecular complexity index is 591. The average molecular weight is 299 g/mol. The Morgan fingerprint density at radius 3 is 2.41 bits per heavy atom. The highest BCUT2D eigenvalue weighted by atomic mass is 16.5. The van der Waals surface area contributed by atoms with Crippen molar-refractivity contribution in [3.63, 3.8) is 0 Å². The van der Waals surface area contributed by atoms with Crippen molar-refractivity contribution in [2.45, 2.75) is 39.5 Å². The summed E-state index contributed by atoms with van der Waals surface area (Å²) in [5.41, 5.74) is 3.33. The van der Waals surface area contributed by atoms with Crippen LogP contribution in [0.2, 0.25) is 0 Å². The first-order valence-corrected chi connectivity index (χ1v) is 7.62. The van der Waals surface area contributed by atoms with Gasteiger partial charge in [0, 0.05) is 12.1 Å². The van der Waals surface area contributed by atoms with E-state index in [2.05, 4.69) is 30.4 Å². The van der Waals surface area contributed by atoms with Gasteiger partial charge >= 0.3 is 0 Å². The lowest BCUT2D eigenvalue weighted by atomic mass is 10.1. The van der Waals surface area contributed by atoms with Gasteiger partial charge in [0.15, 0.2) is 0 Å². The van der Waals surface area contributed by atoms with E-state index < -0.39 is 0 Å². The second-order valence-electron chi connectivity index (χ2n) is 6.32. The predicted molar refractivity (Wildman–Crippen MR) is 90.0 cm³/mol. The van der Waals surface area contributed by atoms with Gasteiger partial charge in [0.2, 0.25) is 0 Å². The summed E-state index contributed by atoms with van der Waals surface area (Å²) in [4.78, 5) is 0. The molecule has 0 aliphatic heterocycles. The van der Waals surface area contributed by atoms with Gasteiger partial charge in [-0.3, -0.25) is 0 Å². The standard InChI is InChI=1S/C19H25NO2/c1-15-5-4-6-17(11-15)13-22-18-9-7-16(8-10-18)12-20-19(2,3)14-21/h4-11,20-21H,12-14H2,1-3H3. The molecule has 3 nitrogen and oxygen atoms in total. The van der Waals surface area contributed by atoms with Crippen LogP contribution in [0.5, 0.6) is 5.75 Å². The fraction of sp³-hybridized carbons (Fsp3) is 0.368. The molecule has 0 atom stereocenters. The normalized spacial score (nSPS) is 11.5. The quantitative estimate of drug-likeness (QED) is 0.823. The van der Waals surface area contributed by atoms with E-state index in [0.717, 1.165) is 12.3 Å². The van der Waals surface area contributed by atoms with Gasteiger partial charge in [-0.1, -0.05) is 42.0 Å². The van der Waals surface area contributed by atoms with Gasteiger partial charge in [0.25, 0.3) is 0 Å². The monoisotopic (exact) mass is 299 g/mol. The largest absolute Gasteiger partial charge is 0.489 e. The number of nitrogens with one attached hydrogen (secondary N) is 1. The molecule has 2 N–H and O–H groups in total. The summed E-state index contributed by atoms with van der Waals surface area (Å²) in [6.45, 7) is 7.46. The van der Waals surface area contributed by atoms with Crippen molar-refractivity contribution >= 4 is 0 Å². The Kier molecular flexibility index (Phi) is 5.58. The topological polar surface area (TPSA) is 41.5 Å². The fourth-order valence-corrected chi connectivity index (χ4v) is 2.07. The van der Waals surface area contributed by atoms with Crippen molar-refractivity contribution in [2.75, 3.05) is 6.61 Å². The Morgan fingerprint density at radius 1 is 1.05 bits per heavy atom. The number of aliphatic hydroxyl groups is 1. The number of hydrogen-bond acceptors (Lipinski definition) is 3. The molecule has 0 heterocycles. The van der Waals surface area contributed by atoms with Gasteiger partial charge in [0.05, 0.1) is 6.61 Å². The lowest BCUT2D eigenvalue weighted by Crippen LogP contribution is -2.42. The minimum absolute atomic E-state index is 0.116. The Balaban J connectivity index is 1.86. The SMILES string of the molecule is Cc1cccc(COc2ccc(CNC(C)(C)CO)cc2)c1. The predicted octanol–water partition coefficient (Wildman–Crippen LogP) is 3.43. The highest BCUT2D eigenvalue weighted by Crippen LogP contribution is 2.15. The van der Waals surface area contributed by atoms with Crippen LogP contribution >= 0.6 is 0 Å². The highest BCUT2D eigenvalue weighted by Gasteiger charge is 2.14. The maximum absolute atomic E-state index is 9.23. The zero-order valence-electron chi connectivity index (χ0n) is 13.6. The molecule has 2 rings (SSSR count). The fourth-order valence-electron chi connectivity index (χ4n) is 2.07. The van der Waals surface area contributed by atoms with Crippen molar-refractivity contribution in [2.24, 2.45) is 0 Å². The van der Waals surface area contributed by atoms with Crippen molar-refractivity contribution in [3.8, 4) is 5.75 Å². The van der Waals surface area contributed by atoms with E-state index in [1.807, 2.05) is 44.2 Å². The number of hydrogen-bond donors (Lipinski definition) is 2. The van der Waals surface area contributed by atoms with E-state index in [1.165, 1.54) is 16.7 Å². The van der Waals surface area contributed by atoms with E-state index in [9.17, 15) is 5.11 Å². The first kappa shape index (κ1) is 16.5. The van der Waals surface area contributed by atoms with Crippen LogP contribution in [0.25, 0.3) is 0 Å². The van der Waals surface area contributed by atoms with Crippen LogP contribution in [-0.4, -0.2) is 17.3 Å². The molecule has 0 aromatic heterocycles. The average Bonchev–Trinajstić information content (AvgIpc) is 2.52. The number of aliphatic hydroxyl groups excluding tert-OH is 1. The summed E-state index contributed by atoms with van der Waals surface area (Å²) in [7, 11) is 0. The third-order valence-corrected chi connectivity index (χ3v) is 3.58. The van der Waals surface area contributed by atoms with Crippen molar-refractivity contribution in [1.82, 2.24) is 5.32 Å². The lowest BCUT2D eigenvalue weighted by Gasteiger charge is -2.23. The van der Waals surface area contributed by atoms with E-state index in [4.69, 9.17) is 4.74 Å². The third-order valence-electron chi connectivity index (χ3n) is 3.58. The Hall–Kier alpha value is -1.84. The van der Waals surface area contributed by atoms with Gasteiger partial charge in [-0.05, 0) is 44.0 Å². The molecule has 0 aliphatic carbocycles. The molecule has 3 heteroatoms. The van der Waals surface area contributed by atoms with Crippen LogP contribution in [0.3, 0.4) is 0 Å². The smallest absolute Gasteiger partial charge is 0.119 e. The van der Waals surface area contributed by atoms with Crippen LogP contribution in [0.4, 0.5) is 0 Å². The number of benzene rings is 2. The molecule has 2 aromatic carbocycles. The zero-order chi connectivity index (χ0) is 16.0. The van der Waals surface area contributed by atoms with Crippen molar-refractivity contribution in [3.05, 3.63) is 65.2 Å². The first-order chi connectivity index (χ1) is 10.5.